The molecular formula is C14H31IN4O2. The Morgan fingerprint density at radius 1 is 1.29 bits per heavy atom. The van der Waals surface area contributed by atoms with Crippen molar-refractivity contribution in [3.8, 4) is 0 Å². The minimum Gasteiger partial charge on any atom is -0.444 e. The third-order valence-electron chi connectivity index (χ3n) is 2.40. The zero-order valence-corrected chi connectivity index (χ0v) is 16.2. The van der Waals surface area contributed by atoms with E-state index in [0.29, 0.717) is 12.5 Å². The SMILES string of the molecule is CCCNC(N)=NCC(CCC)NC(=O)OC(C)(C)C.I. The number of nitrogens with two attached hydrogens (primary N) is 1. The first-order valence-electron chi connectivity index (χ1n) is 7.31. The van der Waals surface area contributed by atoms with E-state index >= 15 is 0 Å². The van der Waals surface area contributed by atoms with E-state index in [0.717, 1.165) is 25.8 Å². The van der Waals surface area contributed by atoms with Gasteiger partial charge in [-0.3, -0.25) is 4.99 Å². The molecule has 0 rings (SSSR count). The normalized spacial score (nSPS) is 13.1. The summed E-state index contributed by atoms with van der Waals surface area (Å²) in [5, 5.41) is 5.84. The number of carbonyl (C=O) groups is 1. The smallest absolute Gasteiger partial charge is 0.407 e. The number of nitrogens with one attached hydrogen (secondary N) is 2. The monoisotopic (exact) mass is 414 g/mol. The van der Waals surface area contributed by atoms with E-state index < -0.39 is 11.7 Å². The number of hydrogen-bond donors (Lipinski definition) is 3. The van der Waals surface area contributed by atoms with Crippen LogP contribution in [0.1, 0.15) is 53.9 Å². The molecule has 0 aromatic heterocycles. The molecule has 0 aliphatic carbocycles. The fourth-order valence-electron chi connectivity index (χ4n) is 1.55. The second kappa shape index (κ2) is 11.9. The highest BCUT2D eigenvalue weighted by Crippen LogP contribution is 2.07. The molecule has 1 atom stereocenters. The first-order chi connectivity index (χ1) is 9.28. The van der Waals surface area contributed by atoms with Gasteiger partial charge in [0.05, 0.1) is 12.6 Å². The molecule has 0 saturated carbocycles. The van der Waals surface area contributed by atoms with Gasteiger partial charge >= 0.3 is 6.09 Å². The van der Waals surface area contributed by atoms with Gasteiger partial charge in [-0.2, -0.15) is 0 Å². The van der Waals surface area contributed by atoms with Crippen LogP contribution in [0.3, 0.4) is 0 Å². The number of amides is 1. The van der Waals surface area contributed by atoms with Crippen molar-refractivity contribution >= 4 is 36.0 Å². The number of ether oxygens (including phenoxy) is 1. The molecule has 0 radical (unpaired) electrons. The summed E-state index contributed by atoms with van der Waals surface area (Å²) in [4.78, 5) is 16.0. The van der Waals surface area contributed by atoms with Crippen LogP contribution in [0, 0.1) is 0 Å². The number of hydrogen-bond acceptors (Lipinski definition) is 3. The molecule has 0 saturated heterocycles. The van der Waals surface area contributed by atoms with Gasteiger partial charge < -0.3 is 21.1 Å². The molecule has 21 heavy (non-hydrogen) atoms. The van der Waals surface area contributed by atoms with E-state index in [-0.39, 0.29) is 30.0 Å². The van der Waals surface area contributed by atoms with Gasteiger partial charge in [0.25, 0.3) is 0 Å². The molecule has 0 spiro atoms. The lowest BCUT2D eigenvalue weighted by molar-refractivity contribution is 0.0503. The highest BCUT2D eigenvalue weighted by molar-refractivity contribution is 14.0. The van der Waals surface area contributed by atoms with Gasteiger partial charge in [-0.15, -0.1) is 24.0 Å². The summed E-state index contributed by atoms with van der Waals surface area (Å²) >= 11 is 0. The Labute approximate surface area is 145 Å². The molecule has 0 aliphatic rings. The summed E-state index contributed by atoms with van der Waals surface area (Å²) in [5.74, 6) is 0.416. The van der Waals surface area contributed by atoms with Gasteiger partial charge in [-0.1, -0.05) is 20.3 Å². The molecule has 4 N–H and O–H groups in total. The predicted molar refractivity (Wildman–Crippen MR) is 98.3 cm³/mol. The summed E-state index contributed by atoms with van der Waals surface area (Å²) in [6.45, 7) is 10.9. The van der Waals surface area contributed by atoms with E-state index in [9.17, 15) is 4.79 Å². The molecule has 6 nitrogen and oxygen atoms in total. The Morgan fingerprint density at radius 3 is 2.38 bits per heavy atom. The third-order valence-corrected chi connectivity index (χ3v) is 2.40. The standard InChI is InChI=1S/C14H30N4O2.HI/c1-6-8-11(10-17-12(15)16-9-7-2)18-13(19)20-14(3,4)5;/h11H,6-10H2,1-5H3,(H,18,19)(H3,15,16,17);1H. The second-order valence-corrected chi connectivity index (χ2v) is 5.78. The molecule has 0 aliphatic heterocycles. The van der Waals surface area contributed by atoms with Crippen molar-refractivity contribution in [3.63, 3.8) is 0 Å². The number of nitrogens with zero attached hydrogens (tertiary/aromatic N) is 1. The summed E-state index contributed by atoms with van der Waals surface area (Å²) in [5.41, 5.74) is 5.24. The van der Waals surface area contributed by atoms with Gasteiger partial charge in [0.1, 0.15) is 5.60 Å². The lowest BCUT2D eigenvalue weighted by Gasteiger charge is -2.22. The average Bonchev–Trinajstić information content (AvgIpc) is 2.31. The maximum absolute atomic E-state index is 11.7. The summed E-state index contributed by atoms with van der Waals surface area (Å²) in [7, 11) is 0. The highest BCUT2D eigenvalue weighted by Gasteiger charge is 2.18. The average molecular weight is 414 g/mol. The first-order valence-corrected chi connectivity index (χ1v) is 7.31. The summed E-state index contributed by atoms with van der Waals surface area (Å²) in [6.07, 6.45) is 2.37. The van der Waals surface area contributed by atoms with Crippen molar-refractivity contribution in [3.05, 3.63) is 0 Å². The van der Waals surface area contributed by atoms with Crippen LogP contribution in [-0.2, 0) is 4.74 Å². The molecular weight excluding hydrogens is 383 g/mol. The van der Waals surface area contributed by atoms with Crippen LogP contribution in [0.15, 0.2) is 4.99 Å². The largest absolute Gasteiger partial charge is 0.444 e. The molecule has 126 valence electrons. The molecule has 0 fully saturated rings. The van der Waals surface area contributed by atoms with Crippen LogP contribution < -0.4 is 16.4 Å². The number of guanidine groups is 1. The molecule has 0 aromatic rings. The second-order valence-electron chi connectivity index (χ2n) is 5.78. The number of halogens is 1. The van der Waals surface area contributed by atoms with E-state index in [1.165, 1.54) is 0 Å². The van der Waals surface area contributed by atoms with E-state index in [1.807, 2.05) is 20.8 Å². The van der Waals surface area contributed by atoms with E-state index in [2.05, 4.69) is 29.5 Å². The quantitative estimate of drug-likeness (QED) is 0.340. The minimum absolute atomic E-state index is 0. The molecule has 7 heteroatoms. The molecule has 0 aromatic carbocycles. The van der Waals surface area contributed by atoms with Crippen molar-refractivity contribution in [1.29, 1.82) is 0 Å². The van der Waals surface area contributed by atoms with Crippen LogP contribution in [0.5, 0.6) is 0 Å². The lowest BCUT2D eigenvalue weighted by atomic mass is 10.1. The zero-order valence-electron chi connectivity index (χ0n) is 13.9. The molecule has 1 amide bonds. The maximum Gasteiger partial charge on any atom is 0.407 e. The molecule has 0 bridgehead atoms. The number of rotatable bonds is 7. The topological polar surface area (TPSA) is 88.7 Å². The minimum atomic E-state index is -0.494. The van der Waals surface area contributed by atoms with Gasteiger partial charge in [0.15, 0.2) is 5.96 Å². The Balaban J connectivity index is 0. The fourth-order valence-corrected chi connectivity index (χ4v) is 1.55. The first kappa shape index (κ1) is 22.5. The molecule has 1 unspecified atom stereocenters. The van der Waals surface area contributed by atoms with Crippen molar-refractivity contribution in [2.45, 2.75) is 65.5 Å². The number of aliphatic imine (C=N–C) groups is 1. The van der Waals surface area contributed by atoms with Crippen molar-refractivity contribution in [1.82, 2.24) is 10.6 Å². The fraction of sp³-hybridized carbons (Fsp3) is 0.857. The maximum atomic E-state index is 11.7. The van der Waals surface area contributed by atoms with Crippen LogP contribution >= 0.6 is 24.0 Å². The zero-order chi connectivity index (χ0) is 15.6. The number of carbonyl (C=O) groups excluding carboxylic acids is 1. The number of alkyl carbamates (subject to hydrolysis) is 1. The molecule has 0 heterocycles. The highest BCUT2D eigenvalue weighted by atomic mass is 127. The van der Waals surface area contributed by atoms with Crippen LogP contribution in [0.2, 0.25) is 0 Å². The van der Waals surface area contributed by atoms with Gasteiger partial charge in [0, 0.05) is 6.54 Å². The Morgan fingerprint density at radius 2 is 1.90 bits per heavy atom. The van der Waals surface area contributed by atoms with E-state index in [4.69, 9.17) is 10.5 Å². The van der Waals surface area contributed by atoms with Gasteiger partial charge in [-0.25, -0.2) is 4.79 Å². The van der Waals surface area contributed by atoms with Crippen molar-refractivity contribution in [2.75, 3.05) is 13.1 Å². The Hall–Kier alpha value is -0.730. The Bertz CT molecular complexity index is 317. The van der Waals surface area contributed by atoms with Crippen molar-refractivity contribution in [2.24, 2.45) is 10.7 Å². The van der Waals surface area contributed by atoms with Crippen molar-refractivity contribution < 1.29 is 9.53 Å². The van der Waals surface area contributed by atoms with E-state index in [1.54, 1.807) is 0 Å². The van der Waals surface area contributed by atoms with Crippen LogP contribution in [0.4, 0.5) is 4.79 Å². The summed E-state index contributed by atoms with van der Waals surface area (Å²) in [6, 6.07) is -0.0585. The lowest BCUT2D eigenvalue weighted by Crippen LogP contribution is -2.41. The van der Waals surface area contributed by atoms with Gasteiger partial charge in [-0.05, 0) is 33.6 Å². The Kier molecular flexibility index (Phi) is 12.8. The third kappa shape index (κ3) is 14.0. The van der Waals surface area contributed by atoms with Crippen LogP contribution in [0.25, 0.3) is 0 Å². The van der Waals surface area contributed by atoms with Crippen LogP contribution in [-0.4, -0.2) is 36.8 Å². The van der Waals surface area contributed by atoms with Gasteiger partial charge in [0.2, 0.25) is 0 Å². The summed E-state index contributed by atoms with van der Waals surface area (Å²) < 4.78 is 5.24. The predicted octanol–water partition coefficient (Wildman–Crippen LogP) is 2.61.